The van der Waals surface area contributed by atoms with Crippen molar-refractivity contribution in [1.82, 2.24) is 0 Å². The Balaban J connectivity index is 1.91. The molecule has 19 heavy (non-hydrogen) atoms. The van der Waals surface area contributed by atoms with E-state index in [1.54, 1.807) is 0 Å². The smallest absolute Gasteiger partial charge is 0.325 e. The molecule has 98 valence electrons. The van der Waals surface area contributed by atoms with E-state index >= 15 is 0 Å². The SMILES string of the molecule is CCOC(=O)CNc1ccc2c3c(cccc13)CC2. The van der Waals surface area contributed by atoms with Crippen LogP contribution in [0.25, 0.3) is 10.8 Å². The molecule has 1 aliphatic rings. The number of esters is 1. The van der Waals surface area contributed by atoms with Gasteiger partial charge in [-0.15, -0.1) is 0 Å². The van der Waals surface area contributed by atoms with Crippen LogP contribution in [0.2, 0.25) is 0 Å². The molecule has 3 rings (SSSR count). The second kappa shape index (κ2) is 4.92. The molecule has 2 aromatic carbocycles. The lowest BCUT2D eigenvalue weighted by Crippen LogP contribution is -2.16. The minimum Gasteiger partial charge on any atom is -0.465 e. The Morgan fingerprint density at radius 3 is 2.79 bits per heavy atom. The van der Waals surface area contributed by atoms with Crippen molar-refractivity contribution in [2.24, 2.45) is 0 Å². The van der Waals surface area contributed by atoms with Gasteiger partial charge < -0.3 is 10.1 Å². The molecule has 0 aromatic heterocycles. The van der Waals surface area contributed by atoms with Gasteiger partial charge in [0.2, 0.25) is 0 Å². The average Bonchev–Trinajstić information content (AvgIpc) is 2.84. The standard InChI is InChI=1S/C16H17NO2/c1-2-19-15(18)10-17-14-9-8-12-7-6-11-4-3-5-13(14)16(11)12/h3-5,8-9,17H,2,6-7,10H2,1H3. The number of anilines is 1. The number of aryl methyl sites for hydroxylation is 2. The zero-order valence-corrected chi connectivity index (χ0v) is 11.0. The molecule has 3 heteroatoms. The van der Waals surface area contributed by atoms with E-state index in [2.05, 4.69) is 35.6 Å². The number of hydrogen-bond acceptors (Lipinski definition) is 3. The average molecular weight is 255 g/mol. The Morgan fingerprint density at radius 1 is 1.21 bits per heavy atom. The summed E-state index contributed by atoms with van der Waals surface area (Å²) in [5.74, 6) is -0.217. The number of rotatable bonds is 4. The summed E-state index contributed by atoms with van der Waals surface area (Å²) < 4.78 is 4.93. The van der Waals surface area contributed by atoms with Gasteiger partial charge in [0.25, 0.3) is 0 Å². The lowest BCUT2D eigenvalue weighted by Gasteiger charge is -2.11. The van der Waals surface area contributed by atoms with Gasteiger partial charge in [-0.1, -0.05) is 24.3 Å². The molecule has 0 heterocycles. The van der Waals surface area contributed by atoms with Gasteiger partial charge in [0.1, 0.15) is 6.54 Å². The van der Waals surface area contributed by atoms with Crippen molar-refractivity contribution in [3.63, 3.8) is 0 Å². The molecule has 0 bridgehead atoms. The largest absolute Gasteiger partial charge is 0.465 e. The zero-order chi connectivity index (χ0) is 13.2. The lowest BCUT2D eigenvalue weighted by atomic mass is 10.0. The highest BCUT2D eigenvalue weighted by molar-refractivity contribution is 6.00. The van der Waals surface area contributed by atoms with Gasteiger partial charge in [-0.25, -0.2) is 0 Å². The third kappa shape index (κ3) is 2.16. The summed E-state index contributed by atoms with van der Waals surface area (Å²) in [4.78, 5) is 11.4. The number of benzene rings is 2. The van der Waals surface area contributed by atoms with E-state index in [0.29, 0.717) is 6.61 Å². The van der Waals surface area contributed by atoms with E-state index in [4.69, 9.17) is 4.74 Å². The monoisotopic (exact) mass is 255 g/mol. The van der Waals surface area contributed by atoms with Gasteiger partial charge in [-0.05, 0) is 42.3 Å². The molecular formula is C16H17NO2. The van der Waals surface area contributed by atoms with Crippen LogP contribution >= 0.6 is 0 Å². The first-order valence-corrected chi connectivity index (χ1v) is 6.72. The molecule has 1 aliphatic carbocycles. The van der Waals surface area contributed by atoms with Crippen LogP contribution in [-0.2, 0) is 22.4 Å². The van der Waals surface area contributed by atoms with E-state index in [1.165, 1.54) is 21.9 Å². The molecule has 0 unspecified atom stereocenters. The van der Waals surface area contributed by atoms with Crippen LogP contribution in [0.4, 0.5) is 5.69 Å². The fraction of sp³-hybridized carbons (Fsp3) is 0.312. The maximum atomic E-state index is 11.4. The van der Waals surface area contributed by atoms with Crippen molar-refractivity contribution in [1.29, 1.82) is 0 Å². The van der Waals surface area contributed by atoms with Gasteiger partial charge >= 0.3 is 5.97 Å². The molecule has 1 N–H and O–H groups in total. The summed E-state index contributed by atoms with van der Waals surface area (Å²) in [5.41, 5.74) is 3.83. The highest BCUT2D eigenvalue weighted by Gasteiger charge is 2.15. The number of carbonyl (C=O) groups excluding carboxylic acids is 1. The predicted molar refractivity (Wildman–Crippen MR) is 76.5 cm³/mol. The van der Waals surface area contributed by atoms with Gasteiger partial charge in [0, 0.05) is 11.1 Å². The summed E-state index contributed by atoms with van der Waals surface area (Å²) in [7, 11) is 0. The van der Waals surface area contributed by atoms with Crippen LogP contribution in [0.5, 0.6) is 0 Å². The van der Waals surface area contributed by atoms with Gasteiger partial charge in [-0.2, -0.15) is 0 Å². The summed E-state index contributed by atoms with van der Waals surface area (Å²) in [5, 5.41) is 5.74. The highest BCUT2D eigenvalue weighted by Crippen LogP contribution is 2.34. The Bertz CT molecular complexity index is 624. The van der Waals surface area contributed by atoms with Crippen molar-refractivity contribution in [3.8, 4) is 0 Å². The zero-order valence-electron chi connectivity index (χ0n) is 11.0. The third-order valence-electron chi connectivity index (χ3n) is 3.61. The van der Waals surface area contributed by atoms with Crippen LogP contribution in [0.1, 0.15) is 18.1 Å². The maximum Gasteiger partial charge on any atom is 0.325 e. The fourth-order valence-corrected chi connectivity index (χ4v) is 2.78. The summed E-state index contributed by atoms with van der Waals surface area (Å²) in [6.45, 7) is 2.45. The van der Waals surface area contributed by atoms with E-state index in [-0.39, 0.29) is 12.5 Å². The Labute approximate surface area is 112 Å². The summed E-state index contributed by atoms with van der Waals surface area (Å²) in [6, 6.07) is 10.6. The van der Waals surface area contributed by atoms with Crippen molar-refractivity contribution < 1.29 is 9.53 Å². The summed E-state index contributed by atoms with van der Waals surface area (Å²) in [6.07, 6.45) is 2.24. The second-order valence-electron chi connectivity index (χ2n) is 4.77. The summed E-state index contributed by atoms with van der Waals surface area (Å²) >= 11 is 0. The van der Waals surface area contributed by atoms with Crippen molar-refractivity contribution in [2.45, 2.75) is 19.8 Å². The van der Waals surface area contributed by atoms with E-state index < -0.39 is 0 Å². The Morgan fingerprint density at radius 2 is 2.00 bits per heavy atom. The Hall–Kier alpha value is -2.03. The number of nitrogens with one attached hydrogen (secondary N) is 1. The first-order valence-electron chi connectivity index (χ1n) is 6.72. The molecule has 0 aliphatic heterocycles. The lowest BCUT2D eigenvalue weighted by molar-refractivity contribution is -0.140. The topological polar surface area (TPSA) is 38.3 Å². The fourth-order valence-electron chi connectivity index (χ4n) is 2.78. The second-order valence-corrected chi connectivity index (χ2v) is 4.77. The third-order valence-corrected chi connectivity index (χ3v) is 3.61. The number of hydrogen-bond donors (Lipinski definition) is 1. The van der Waals surface area contributed by atoms with Crippen molar-refractivity contribution in [3.05, 3.63) is 41.5 Å². The van der Waals surface area contributed by atoms with E-state index in [9.17, 15) is 4.79 Å². The van der Waals surface area contributed by atoms with Crippen LogP contribution in [0.3, 0.4) is 0 Å². The minimum absolute atomic E-state index is 0.215. The van der Waals surface area contributed by atoms with Crippen LogP contribution in [0, 0.1) is 0 Å². The quantitative estimate of drug-likeness (QED) is 0.854. The molecule has 0 saturated heterocycles. The normalized spacial score (nSPS) is 12.7. The van der Waals surface area contributed by atoms with Crippen LogP contribution in [-0.4, -0.2) is 19.1 Å². The number of carbonyl (C=O) groups is 1. The van der Waals surface area contributed by atoms with Crippen molar-refractivity contribution in [2.75, 3.05) is 18.5 Å². The van der Waals surface area contributed by atoms with Gasteiger partial charge in [0.05, 0.1) is 6.61 Å². The first-order chi connectivity index (χ1) is 9.29. The number of ether oxygens (including phenoxy) is 1. The van der Waals surface area contributed by atoms with E-state index in [1.807, 2.05) is 6.92 Å². The molecule has 3 nitrogen and oxygen atoms in total. The molecule has 2 aromatic rings. The maximum absolute atomic E-state index is 11.4. The molecule has 0 amide bonds. The molecule has 0 fully saturated rings. The van der Waals surface area contributed by atoms with Crippen molar-refractivity contribution >= 4 is 22.4 Å². The van der Waals surface area contributed by atoms with E-state index in [0.717, 1.165) is 18.5 Å². The highest BCUT2D eigenvalue weighted by atomic mass is 16.5. The molecule has 0 atom stereocenters. The van der Waals surface area contributed by atoms with Gasteiger partial charge in [0.15, 0.2) is 0 Å². The first kappa shape index (κ1) is 12.0. The van der Waals surface area contributed by atoms with Crippen LogP contribution in [0.15, 0.2) is 30.3 Å². The Kier molecular flexibility index (Phi) is 3.11. The van der Waals surface area contributed by atoms with Crippen LogP contribution < -0.4 is 5.32 Å². The molecule has 0 radical (unpaired) electrons. The predicted octanol–water partition coefficient (Wildman–Crippen LogP) is 2.91. The molecule has 0 saturated carbocycles. The molecular weight excluding hydrogens is 238 g/mol. The van der Waals surface area contributed by atoms with Gasteiger partial charge in [-0.3, -0.25) is 4.79 Å². The minimum atomic E-state index is -0.217. The molecule has 0 spiro atoms.